The van der Waals surface area contributed by atoms with E-state index in [4.69, 9.17) is 4.42 Å². The van der Waals surface area contributed by atoms with Gasteiger partial charge in [0.15, 0.2) is 9.84 Å². The van der Waals surface area contributed by atoms with Crippen LogP contribution in [0.4, 0.5) is 0 Å². The second-order valence-electron chi connectivity index (χ2n) is 5.58. The van der Waals surface area contributed by atoms with Crippen LogP contribution in [0.2, 0.25) is 0 Å². The molecule has 6 nitrogen and oxygen atoms in total. The van der Waals surface area contributed by atoms with Crippen LogP contribution < -0.4 is 0 Å². The summed E-state index contributed by atoms with van der Waals surface area (Å²) in [6.07, 6.45) is 2.91. The number of hydrogen-bond acceptors (Lipinski definition) is 5. The molecule has 0 bridgehead atoms. The van der Waals surface area contributed by atoms with Crippen LogP contribution >= 0.6 is 0 Å². The Morgan fingerprint density at radius 1 is 1.04 bits per heavy atom. The lowest BCUT2D eigenvalue weighted by atomic mass is 10.2. The molecule has 0 aliphatic carbocycles. The third kappa shape index (κ3) is 3.77. The standard InChI is InChI=1S/C16H17NO5S2/c18-23(19,13-15-7-4-9-22-15)16-11-17(12-16)24(20,21)10-8-14-5-2-1-3-6-14/h1-10,16H,11-13H2/b10-8+. The molecule has 2 heterocycles. The molecule has 1 saturated heterocycles. The Kier molecular flexibility index (Phi) is 4.62. The molecule has 24 heavy (non-hydrogen) atoms. The topological polar surface area (TPSA) is 84.7 Å². The Morgan fingerprint density at radius 3 is 2.38 bits per heavy atom. The first-order chi connectivity index (χ1) is 11.4. The van der Waals surface area contributed by atoms with Gasteiger partial charge in [0.25, 0.3) is 0 Å². The number of benzene rings is 1. The second kappa shape index (κ2) is 6.54. The highest BCUT2D eigenvalue weighted by molar-refractivity contribution is 7.93. The SMILES string of the molecule is O=S(=O)(Cc1ccco1)C1CN(S(=O)(=O)/C=C/c2ccccc2)C1. The summed E-state index contributed by atoms with van der Waals surface area (Å²) >= 11 is 0. The Bertz CT molecular complexity index is 910. The lowest BCUT2D eigenvalue weighted by molar-refractivity contribution is 0.313. The van der Waals surface area contributed by atoms with Crippen molar-refractivity contribution in [1.29, 1.82) is 0 Å². The molecule has 8 heteroatoms. The van der Waals surface area contributed by atoms with Crippen molar-refractivity contribution >= 4 is 25.9 Å². The summed E-state index contributed by atoms with van der Waals surface area (Å²) in [7, 11) is -7.04. The van der Waals surface area contributed by atoms with Crippen LogP contribution in [0.15, 0.2) is 58.6 Å². The molecule has 0 radical (unpaired) electrons. The van der Waals surface area contributed by atoms with Gasteiger partial charge in [0, 0.05) is 18.5 Å². The smallest absolute Gasteiger partial charge is 0.236 e. The van der Waals surface area contributed by atoms with Gasteiger partial charge < -0.3 is 4.42 Å². The van der Waals surface area contributed by atoms with Gasteiger partial charge in [0.1, 0.15) is 11.5 Å². The molecule has 0 N–H and O–H groups in total. The third-order valence-electron chi connectivity index (χ3n) is 3.84. The van der Waals surface area contributed by atoms with E-state index in [9.17, 15) is 16.8 Å². The summed E-state index contributed by atoms with van der Waals surface area (Å²) in [5, 5.41) is 0.417. The van der Waals surface area contributed by atoms with Crippen molar-refractivity contribution in [2.45, 2.75) is 11.0 Å². The van der Waals surface area contributed by atoms with E-state index in [0.29, 0.717) is 5.76 Å². The first kappa shape index (κ1) is 16.9. The number of hydrogen-bond donors (Lipinski definition) is 0. The van der Waals surface area contributed by atoms with Crippen molar-refractivity contribution in [3.63, 3.8) is 0 Å². The predicted octanol–water partition coefficient (Wildman–Crippen LogP) is 1.88. The van der Waals surface area contributed by atoms with E-state index in [1.54, 1.807) is 24.3 Å². The fourth-order valence-corrected chi connectivity index (χ4v) is 5.44. The van der Waals surface area contributed by atoms with Gasteiger partial charge in [-0.1, -0.05) is 30.3 Å². The van der Waals surface area contributed by atoms with E-state index >= 15 is 0 Å². The molecule has 1 aromatic heterocycles. The number of furan rings is 1. The molecule has 1 aliphatic heterocycles. The van der Waals surface area contributed by atoms with Crippen LogP contribution in [-0.2, 0) is 25.6 Å². The number of sulfonamides is 1. The number of rotatable bonds is 6. The van der Waals surface area contributed by atoms with Crippen LogP contribution in [0.3, 0.4) is 0 Å². The lowest BCUT2D eigenvalue weighted by Crippen LogP contribution is -2.56. The molecule has 1 fully saturated rings. The van der Waals surface area contributed by atoms with E-state index in [2.05, 4.69) is 0 Å². The summed E-state index contributed by atoms with van der Waals surface area (Å²) < 4.78 is 55.1. The molecule has 0 amide bonds. The maximum Gasteiger partial charge on any atom is 0.236 e. The van der Waals surface area contributed by atoms with Gasteiger partial charge in [0.2, 0.25) is 10.0 Å². The minimum atomic E-state index is -3.61. The predicted molar refractivity (Wildman–Crippen MR) is 91.1 cm³/mol. The van der Waals surface area contributed by atoms with Crippen molar-refractivity contribution in [3.05, 3.63) is 65.5 Å². The van der Waals surface area contributed by atoms with E-state index in [0.717, 1.165) is 15.3 Å². The fourth-order valence-electron chi connectivity index (χ4n) is 2.36. The third-order valence-corrected chi connectivity index (χ3v) is 7.34. The van der Waals surface area contributed by atoms with Crippen molar-refractivity contribution in [1.82, 2.24) is 4.31 Å². The normalized spacial score (nSPS) is 17.2. The Labute approximate surface area is 141 Å². The molecular formula is C16H17NO5S2. The second-order valence-corrected chi connectivity index (χ2v) is 9.68. The van der Waals surface area contributed by atoms with Crippen molar-refractivity contribution in [3.8, 4) is 0 Å². The van der Waals surface area contributed by atoms with Gasteiger partial charge >= 0.3 is 0 Å². The molecule has 1 aromatic carbocycles. The molecule has 2 aromatic rings. The Hall–Kier alpha value is -1.90. The van der Waals surface area contributed by atoms with Crippen LogP contribution in [0.1, 0.15) is 11.3 Å². The molecule has 0 spiro atoms. The minimum absolute atomic E-state index is 0.0233. The highest BCUT2D eigenvalue weighted by Gasteiger charge is 2.42. The fraction of sp³-hybridized carbons (Fsp3) is 0.250. The van der Waals surface area contributed by atoms with Gasteiger partial charge in [-0.15, -0.1) is 0 Å². The summed E-state index contributed by atoms with van der Waals surface area (Å²) in [5.41, 5.74) is 0.767. The number of sulfone groups is 1. The maximum absolute atomic E-state index is 12.2. The van der Waals surface area contributed by atoms with E-state index in [1.165, 1.54) is 12.3 Å². The maximum atomic E-state index is 12.2. The van der Waals surface area contributed by atoms with Crippen molar-refractivity contribution < 1.29 is 21.3 Å². The molecular weight excluding hydrogens is 350 g/mol. The molecule has 128 valence electrons. The summed E-state index contributed by atoms with van der Waals surface area (Å²) in [5.74, 6) is 0.151. The molecule has 0 saturated carbocycles. The largest absolute Gasteiger partial charge is 0.468 e. The first-order valence-electron chi connectivity index (χ1n) is 7.34. The van der Waals surface area contributed by atoms with Crippen LogP contribution in [0.5, 0.6) is 0 Å². The molecule has 0 unspecified atom stereocenters. The summed E-state index contributed by atoms with van der Waals surface area (Å²) in [4.78, 5) is 0. The van der Waals surface area contributed by atoms with E-state index < -0.39 is 25.1 Å². The number of nitrogens with zero attached hydrogens (tertiary/aromatic N) is 1. The zero-order valence-electron chi connectivity index (χ0n) is 12.8. The quantitative estimate of drug-likeness (QED) is 0.778. The highest BCUT2D eigenvalue weighted by Crippen LogP contribution is 2.24. The monoisotopic (exact) mass is 367 g/mol. The zero-order chi connectivity index (χ0) is 17.2. The van der Waals surface area contributed by atoms with Gasteiger partial charge in [-0.05, 0) is 23.8 Å². The average molecular weight is 367 g/mol. The van der Waals surface area contributed by atoms with Gasteiger partial charge in [-0.2, -0.15) is 4.31 Å². The Balaban J connectivity index is 1.62. The lowest BCUT2D eigenvalue weighted by Gasteiger charge is -2.36. The summed E-state index contributed by atoms with van der Waals surface area (Å²) in [6.45, 7) is -0.0466. The van der Waals surface area contributed by atoms with Crippen LogP contribution in [0.25, 0.3) is 6.08 Å². The van der Waals surface area contributed by atoms with Gasteiger partial charge in [-0.3, -0.25) is 0 Å². The zero-order valence-corrected chi connectivity index (χ0v) is 14.4. The van der Waals surface area contributed by atoms with Crippen molar-refractivity contribution in [2.24, 2.45) is 0 Å². The molecule has 0 atom stereocenters. The Morgan fingerprint density at radius 2 is 1.75 bits per heavy atom. The van der Waals surface area contributed by atoms with E-state index in [-0.39, 0.29) is 18.8 Å². The first-order valence-corrected chi connectivity index (χ1v) is 10.6. The summed E-state index contributed by atoms with van der Waals surface area (Å²) in [6, 6.07) is 12.3. The highest BCUT2D eigenvalue weighted by atomic mass is 32.2. The van der Waals surface area contributed by atoms with Gasteiger partial charge in [-0.25, -0.2) is 16.8 Å². The van der Waals surface area contributed by atoms with Crippen LogP contribution in [0, 0.1) is 0 Å². The minimum Gasteiger partial charge on any atom is -0.468 e. The van der Waals surface area contributed by atoms with Crippen LogP contribution in [-0.4, -0.2) is 39.5 Å². The average Bonchev–Trinajstić information content (AvgIpc) is 2.96. The van der Waals surface area contributed by atoms with Crippen molar-refractivity contribution in [2.75, 3.05) is 13.1 Å². The van der Waals surface area contributed by atoms with Gasteiger partial charge in [0.05, 0.1) is 11.5 Å². The molecule has 1 aliphatic rings. The molecule has 3 rings (SSSR count). The van der Waals surface area contributed by atoms with E-state index in [1.807, 2.05) is 18.2 Å².